The van der Waals surface area contributed by atoms with Crippen LogP contribution in [-0.2, 0) is 10.3 Å². The summed E-state index contributed by atoms with van der Waals surface area (Å²) >= 11 is 0. The lowest BCUT2D eigenvalue weighted by Gasteiger charge is -2.17. The first-order valence-corrected chi connectivity index (χ1v) is 8.39. The van der Waals surface area contributed by atoms with Crippen molar-refractivity contribution in [1.29, 1.82) is 0 Å². The summed E-state index contributed by atoms with van der Waals surface area (Å²) in [5.74, 6) is -1.13. The summed E-state index contributed by atoms with van der Waals surface area (Å²) in [5.41, 5.74) is 0.623. The van der Waals surface area contributed by atoms with Gasteiger partial charge in [-0.1, -0.05) is 0 Å². The molecule has 3 heterocycles. The summed E-state index contributed by atoms with van der Waals surface area (Å²) in [6.45, 7) is 0.779. The minimum atomic E-state index is -4.62. The standard InChI is InChI=1S/C17H15F4N5O2/c1-9(17(19,20)21)28-14-11(18)5-10(6-23-14)12-8-26-13(7-22-12)24-25-15(26)16(27-2)3-4-16/h5-9H,3-4H2,1-2H3. The number of alkyl halides is 3. The van der Waals surface area contributed by atoms with Gasteiger partial charge in [-0.25, -0.2) is 9.37 Å². The fourth-order valence-electron chi connectivity index (χ4n) is 2.78. The number of halogens is 4. The summed E-state index contributed by atoms with van der Waals surface area (Å²) < 4.78 is 63.8. The predicted octanol–water partition coefficient (Wildman–Crippen LogP) is 3.29. The molecule has 1 fully saturated rings. The average molecular weight is 397 g/mol. The number of nitrogens with zero attached hydrogens (tertiary/aromatic N) is 5. The van der Waals surface area contributed by atoms with Crippen molar-refractivity contribution in [2.45, 2.75) is 37.6 Å². The molecule has 0 amide bonds. The lowest BCUT2D eigenvalue weighted by Crippen LogP contribution is -2.31. The third-order valence-corrected chi connectivity index (χ3v) is 4.65. The zero-order valence-electron chi connectivity index (χ0n) is 14.9. The lowest BCUT2D eigenvalue weighted by molar-refractivity contribution is -0.190. The Balaban J connectivity index is 1.67. The first kappa shape index (κ1) is 18.5. The van der Waals surface area contributed by atoms with E-state index < -0.39 is 29.6 Å². The molecule has 0 aromatic carbocycles. The molecule has 1 saturated carbocycles. The fourth-order valence-corrected chi connectivity index (χ4v) is 2.78. The Kier molecular flexibility index (Phi) is 4.21. The van der Waals surface area contributed by atoms with Crippen molar-refractivity contribution in [3.8, 4) is 17.1 Å². The maximum atomic E-state index is 14.2. The van der Waals surface area contributed by atoms with Crippen molar-refractivity contribution >= 4 is 5.65 Å². The fraction of sp³-hybridized carbons (Fsp3) is 0.412. The number of rotatable bonds is 5. The van der Waals surface area contributed by atoms with Gasteiger partial charge in [-0.2, -0.15) is 13.2 Å². The second-order valence-corrected chi connectivity index (χ2v) is 6.54. The van der Waals surface area contributed by atoms with E-state index in [0.29, 0.717) is 17.2 Å². The highest BCUT2D eigenvalue weighted by atomic mass is 19.4. The van der Waals surface area contributed by atoms with Gasteiger partial charge in [0, 0.05) is 25.1 Å². The van der Waals surface area contributed by atoms with Gasteiger partial charge in [-0.3, -0.25) is 9.38 Å². The van der Waals surface area contributed by atoms with E-state index in [0.717, 1.165) is 25.8 Å². The Morgan fingerprint density at radius 2 is 1.93 bits per heavy atom. The SMILES string of the molecule is COC1(c2nnc3cnc(-c4cnc(OC(C)C(F)(F)F)c(F)c4)cn23)CC1. The van der Waals surface area contributed by atoms with Crippen molar-refractivity contribution < 1.29 is 27.0 Å². The Bertz CT molecular complexity index is 1030. The van der Waals surface area contributed by atoms with Crippen molar-refractivity contribution in [2.75, 3.05) is 7.11 Å². The van der Waals surface area contributed by atoms with Crippen LogP contribution in [0, 0.1) is 5.82 Å². The number of hydrogen-bond donors (Lipinski definition) is 0. The summed E-state index contributed by atoms with van der Waals surface area (Å²) in [5, 5.41) is 8.20. The van der Waals surface area contributed by atoms with Gasteiger partial charge in [0.25, 0.3) is 5.88 Å². The first-order valence-electron chi connectivity index (χ1n) is 8.39. The van der Waals surface area contributed by atoms with Crippen LogP contribution in [0.2, 0.25) is 0 Å². The summed E-state index contributed by atoms with van der Waals surface area (Å²) in [6.07, 6.45) is -0.917. The van der Waals surface area contributed by atoms with Crippen LogP contribution < -0.4 is 4.74 Å². The highest BCUT2D eigenvalue weighted by Crippen LogP contribution is 2.47. The van der Waals surface area contributed by atoms with E-state index in [4.69, 9.17) is 4.74 Å². The van der Waals surface area contributed by atoms with E-state index in [-0.39, 0.29) is 5.56 Å². The molecule has 1 unspecified atom stereocenters. The van der Waals surface area contributed by atoms with E-state index in [2.05, 4.69) is 24.9 Å². The van der Waals surface area contributed by atoms with E-state index in [9.17, 15) is 17.6 Å². The van der Waals surface area contributed by atoms with Gasteiger partial charge in [0.1, 0.15) is 5.60 Å². The minimum absolute atomic E-state index is 0.272. The zero-order valence-corrected chi connectivity index (χ0v) is 14.9. The van der Waals surface area contributed by atoms with Gasteiger partial charge in [-0.05, 0) is 25.8 Å². The Morgan fingerprint density at radius 3 is 2.54 bits per heavy atom. The molecule has 7 nitrogen and oxygen atoms in total. The van der Waals surface area contributed by atoms with Crippen molar-refractivity contribution in [1.82, 2.24) is 24.6 Å². The van der Waals surface area contributed by atoms with Gasteiger partial charge in [0.05, 0.1) is 11.9 Å². The molecule has 3 aromatic heterocycles. The highest BCUT2D eigenvalue weighted by molar-refractivity contribution is 5.59. The van der Waals surface area contributed by atoms with Gasteiger partial charge < -0.3 is 9.47 Å². The smallest absolute Gasteiger partial charge is 0.425 e. The van der Waals surface area contributed by atoms with Crippen LogP contribution in [0.15, 0.2) is 24.7 Å². The molecule has 28 heavy (non-hydrogen) atoms. The molecule has 1 atom stereocenters. The molecule has 0 bridgehead atoms. The number of fused-ring (bicyclic) bond motifs is 1. The zero-order chi connectivity index (χ0) is 20.1. The molecule has 1 aliphatic carbocycles. The molecule has 0 radical (unpaired) electrons. The molecule has 1 aliphatic rings. The number of aromatic nitrogens is 5. The molecule has 4 rings (SSSR count). The molecular weight excluding hydrogens is 382 g/mol. The third kappa shape index (κ3) is 3.15. The van der Waals surface area contributed by atoms with Crippen molar-refractivity contribution in [3.63, 3.8) is 0 Å². The predicted molar refractivity (Wildman–Crippen MR) is 88.0 cm³/mol. The Hall–Kier alpha value is -2.82. The Labute approximate surface area is 156 Å². The lowest BCUT2D eigenvalue weighted by atomic mass is 10.2. The summed E-state index contributed by atoms with van der Waals surface area (Å²) in [6, 6.07) is 1.02. The molecular formula is C17H15F4N5O2. The van der Waals surface area contributed by atoms with E-state index >= 15 is 0 Å². The second-order valence-electron chi connectivity index (χ2n) is 6.54. The molecule has 0 saturated heterocycles. The van der Waals surface area contributed by atoms with E-state index in [1.165, 1.54) is 12.4 Å². The van der Waals surface area contributed by atoms with Crippen LogP contribution >= 0.6 is 0 Å². The largest absolute Gasteiger partial charge is 0.463 e. The summed E-state index contributed by atoms with van der Waals surface area (Å²) in [7, 11) is 1.59. The Morgan fingerprint density at radius 1 is 1.18 bits per heavy atom. The van der Waals surface area contributed by atoms with Gasteiger partial charge in [-0.15, -0.1) is 10.2 Å². The van der Waals surface area contributed by atoms with Crippen LogP contribution in [0.1, 0.15) is 25.6 Å². The molecule has 0 N–H and O–H groups in total. The maximum Gasteiger partial charge on any atom is 0.425 e. The van der Waals surface area contributed by atoms with Gasteiger partial charge in [0.15, 0.2) is 23.4 Å². The summed E-state index contributed by atoms with van der Waals surface area (Å²) in [4.78, 5) is 7.87. The third-order valence-electron chi connectivity index (χ3n) is 4.65. The topological polar surface area (TPSA) is 74.4 Å². The van der Waals surface area contributed by atoms with E-state index in [1.807, 2.05) is 0 Å². The number of ether oxygens (including phenoxy) is 2. The number of methoxy groups -OCH3 is 1. The van der Waals surface area contributed by atoms with Gasteiger partial charge in [0.2, 0.25) is 0 Å². The van der Waals surface area contributed by atoms with Crippen molar-refractivity contribution in [3.05, 3.63) is 36.3 Å². The molecule has 3 aromatic rings. The molecule has 148 valence electrons. The van der Waals surface area contributed by atoms with E-state index in [1.54, 1.807) is 17.7 Å². The first-order chi connectivity index (χ1) is 13.2. The minimum Gasteiger partial charge on any atom is -0.463 e. The van der Waals surface area contributed by atoms with Crippen LogP contribution in [0.5, 0.6) is 5.88 Å². The number of pyridine rings is 1. The highest BCUT2D eigenvalue weighted by Gasteiger charge is 2.49. The van der Waals surface area contributed by atoms with Gasteiger partial charge >= 0.3 is 6.18 Å². The molecule has 11 heteroatoms. The van der Waals surface area contributed by atoms with Crippen LogP contribution in [0.25, 0.3) is 16.9 Å². The molecule has 0 spiro atoms. The number of hydrogen-bond acceptors (Lipinski definition) is 6. The average Bonchev–Trinajstić information content (AvgIpc) is 3.33. The van der Waals surface area contributed by atoms with Crippen LogP contribution in [-0.4, -0.2) is 44.0 Å². The maximum absolute atomic E-state index is 14.2. The second kappa shape index (κ2) is 6.36. The van der Waals surface area contributed by atoms with Crippen LogP contribution in [0.4, 0.5) is 17.6 Å². The quantitative estimate of drug-likeness (QED) is 0.615. The molecule has 0 aliphatic heterocycles. The normalized spacial score (nSPS) is 16.9. The van der Waals surface area contributed by atoms with Crippen molar-refractivity contribution in [2.24, 2.45) is 0 Å². The monoisotopic (exact) mass is 397 g/mol. The van der Waals surface area contributed by atoms with Crippen LogP contribution in [0.3, 0.4) is 0 Å².